The number of alkyl carbamates (subject to hydrolysis) is 1. The lowest BCUT2D eigenvalue weighted by Gasteiger charge is -2.36. The highest BCUT2D eigenvalue weighted by molar-refractivity contribution is 5.94. The van der Waals surface area contributed by atoms with Gasteiger partial charge in [0.25, 0.3) is 5.91 Å². The molecule has 1 aromatic carbocycles. The number of hydrogen-bond acceptors (Lipinski definition) is 9. The largest absolute Gasteiger partial charge is 0.450 e. The summed E-state index contributed by atoms with van der Waals surface area (Å²) in [7, 11) is 0. The third-order valence-electron chi connectivity index (χ3n) is 5.95. The SMILES string of the molecule is CCOC(=O)NC[C@H]1CN(c2cc(F)c(N3CCN(C(=O)CNC(=O)c4ccno4)CC3)c(F)c2)C(=O)O1. The van der Waals surface area contributed by atoms with Crippen LogP contribution >= 0.6 is 0 Å². The number of hydrogen-bond donors (Lipinski definition) is 2. The zero-order valence-electron chi connectivity index (χ0n) is 20.4. The number of benzene rings is 1. The van der Waals surface area contributed by atoms with Crippen LogP contribution < -0.4 is 20.4 Å². The van der Waals surface area contributed by atoms with Crippen LogP contribution in [-0.4, -0.2) is 92.6 Å². The Bertz CT molecular complexity index is 1160. The molecule has 2 N–H and O–H groups in total. The summed E-state index contributed by atoms with van der Waals surface area (Å²) in [6.45, 7) is 2.21. The van der Waals surface area contributed by atoms with Gasteiger partial charge in [-0.3, -0.25) is 14.5 Å². The third kappa shape index (κ3) is 6.10. The summed E-state index contributed by atoms with van der Waals surface area (Å²) in [4.78, 5) is 52.0. The first kappa shape index (κ1) is 26.6. The van der Waals surface area contributed by atoms with Gasteiger partial charge in [0.15, 0.2) is 11.6 Å². The molecule has 0 aliphatic carbocycles. The van der Waals surface area contributed by atoms with E-state index in [4.69, 9.17) is 14.0 Å². The number of anilines is 2. The number of cyclic esters (lactones) is 1. The normalized spacial score (nSPS) is 17.3. The summed E-state index contributed by atoms with van der Waals surface area (Å²) in [6, 6.07) is 3.44. The number of carbonyl (C=O) groups excluding carboxylic acids is 4. The van der Waals surface area contributed by atoms with Crippen molar-refractivity contribution in [3.63, 3.8) is 0 Å². The molecule has 2 aromatic rings. The molecule has 3 heterocycles. The fourth-order valence-corrected chi connectivity index (χ4v) is 4.10. The summed E-state index contributed by atoms with van der Waals surface area (Å²) in [5, 5.41) is 8.31. The Morgan fingerprint density at radius 1 is 1.13 bits per heavy atom. The number of aromatic nitrogens is 1. The number of rotatable bonds is 8. The highest BCUT2D eigenvalue weighted by Crippen LogP contribution is 2.31. The van der Waals surface area contributed by atoms with Crippen molar-refractivity contribution in [1.82, 2.24) is 20.7 Å². The first-order valence-corrected chi connectivity index (χ1v) is 11.9. The van der Waals surface area contributed by atoms with Crippen molar-refractivity contribution >= 4 is 35.4 Å². The van der Waals surface area contributed by atoms with Crippen molar-refractivity contribution in [3.8, 4) is 0 Å². The molecule has 2 saturated heterocycles. The molecule has 0 saturated carbocycles. The van der Waals surface area contributed by atoms with Crippen LogP contribution in [0.5, 0.6) is 0 Å². The number of carbonyl (C=O) groups is 4. The number of nitrogens with one attached hydrogen (secondary N) is 2. The summed E-state index contributed by atoms with van der Waals surface area (Å²) < 4.78 is 44.7. The van der Waals surface area contributed by atoms with Gasteiger partial charge in [-0.15, -0.1) is 0 Å². The minimum atomic E-state index is -0.875. The van der Waals surface area contributed by atoms with E-state index in [0.29, 0.717) is 0 Å². The Hall–Kier alpha value is -4.43. The number of piperazine rings is 1. The maximum absolute atomic E-state index is 15.0. The van der Waals surface area contributed by atoms with E-state index < -0.39 is 35.8 Å². The Morgan fingerprint density at radius 3 is 2.47 bits per heavy atom. The van der Waals surface area contributed by atoms with Gasteiger partial charge in [0.2, 0.25) is 11.7 Å². The third-order valence-corrected chi connectivity index (χ3v) is 5.95. The van der Waals surface area contributed by atoms with E-state index in [2.05, 4.69) is 15.8 Å². The Morgan fingerprint density at radius 2 is 1.84 bits per heavy atom. The van der Waals surface area contributed by atoms with E-state index in [0.717, 1.165) is 17.0 Å². The van der Waals surface area contributed by atoms with Crippen LogP contribution in [0.15, 0.2) is 28.9 Å². The molecule has 38 heavy (non-hydrogen) atoms. The Balaban J connectivity index is 1.31. The zero-order chi connectivity index (χ0) is 27.2. The lowest BCUT2D eigenvalue weighted by Crippen LogP contribution is -2.51. The van der Waals surface area contributed by atoms with Gasteiger partial charge in [-0.05, 0) is 6.92 Å². The van der Waals surface area contributed by atoms with E-state index in [-0.39, 0.29) is 75.5 Å². The maximum Gasteiger partial charge on any atom is 0.414 e. The van der Waals surface area contributed by atoms with Crippen molar-refractivity contribution < 1.29 is 42.0 Å². The first-order valence-electron chi connectivity index (χ1n) is 11.9. The van der Waals surface area contributed by atoms with Crippen LogP contribution in [0.4, 0.5) is 29.7 Å². The number of nitrogens with zero attached hydrogens (tertiary/aromatic N) is 4. The van der Waals surface area contributed by atoms with E-state index in [1.54, 1.807) is 6.92 Å². The monoisotopic (exact) mass is 536 g/mol. The highest BCUT2D eigenvalue weighted by Gasteiger charge is 2.34. The second-order valence-corrected chi connectivity index (χ2v) is 8.40. The predicted octanol–water partition coefficient (Wildman–Crippen LogP) is 1.10. The predicted molar refractivity (Wildman–Crippen MR) is 127 cm³/mol. The second-order valence-electron chi connectivity index (χ2n) is 8.40. The molecule has 2 aliphatic heterocycles. The molecular formula is C23H26F2N6O7. The standard InChI is InChI=1S/C23H26F2N6O7/c1-2-36-22(34)27-11-15-13-31(23(35)37-15)14-9-16(24)20(17(25)10-14)30-7-5-29(6-8-30)19(32)12-26-21(33)18-3-4-28-38-18/h3-4,9-10,15H,2,5-8,11-13H2,1H3,(H,26,33)(H,27,34)/t15-/m0/s1. The molecule has 2 fully saturated rings. The fraction of sp³-hybridized carbons (Fsp3) is 0.435. The Kier molecular flexibility index (Phi) is 8.23. The van der Waals surface area contributed by atoms with Gasteiger partial charge >= 0.3 is 12.2 Å². The fourth-order valence-electron chi connectivity index (χ4n) is 4.10. The molecule has 0 unspecified atom stereocenters. The molecule has 4 amide bonds. The molecule has 1 atom stereocenters. The average molecular weight is 536 g/mol. The van der Waals surface area contributed by atoms with Crippen LogP contribution in [0.3, 0.4) is 0 Å². The minimum Gasteiger partial charge on any atom is -0.450 e. The second kappa shape index (κ2) is 11.7. The van der Waals surface area contributed by atoms with Crippen LogP contribution in [-0.2, 0) is 14.3 Å². The van der Waals surface area contributed by atoms with E-state index in [9.17, 15) is 19.2 Å². The molecule has 204 valence electrons. The molecule has 0 spiro atoms. The van der Waals surface area contributed by atoms with Crippen LogP contribution in [0.25, 0.3) is 0 Å². The number of ether oxygens (including phenoxy) is 2. The van der Waals surface area contributed by atoms with Crippen LogP contribution in [0.2, 0.25) is 0 Å². The smallest absolute Gasteiger partial charge is 0.414 e. The topological polar surface area (TPSA) is 147 Å². The summed E-state index contributed by atoms with van der Waals surface area (Å²) in [5.41, 5.74) is -0.295. The van der Waals surface area contributed by atoms with Gasteiger partial charge in [-0.25, -0.2) is 18.4 Å². The van der Waals surface area contributed by atoms with Gasteiger partial charge in [-0.2, -0.15) is 0 Å². The summed E-state index contributed by atoms with van der Waals surface area (Å²) in [5.74, 6) is -2.71. The summed E-state index contributed by atoms with van der Waals surface area (Å²) in [6.07, 6.45) is -0.875. The first-order chi connectivity index (χ1) is 18.3. The van der Waals surface area contributed by atoms with Gasteiger partial charge < -0.3 is 34.4 Å². The van der Waals surface area contributed by atoms with Crippen molar-refractivity contribution in [3.05, 3.63) is 41.8 Å². The van der Waals surface area contributed by atoms with Gasteiger partial charge in [0.1, 0.15) is 11.8 Å². The molecular weight excluding hydrogens is 510 g/mol. The van der Waals surface area contributed by atoms with Gasteiger partial charge in [0.05, 0.1) is 38.1 Å². The maximum atomic E-state index is 15.0. The van der Waals surface area contributed by atoms with Crippen molar-refractivity contribution in [1.29, 1.82) is 0 Å². The zero-order valence-corrected chi connectivity index (χ0v) is 20.4. The summed E-state index contributed by atoms with van der Waals surface area (Å²) >= 11 is 0. The highest BCUT2D eigenvalue weighted by atomic mass is 19.1. The molecule has 2 aliphatic rings. The van der Waals surface area contributed by atoms with Crippen LogP contribution in [0.1, 0.15) is 17.5 Å². The minimum absolute atomic E-state index is 0.0166. The van der Waals surface area contributed by atoms with E-state index in [1.165, 1.54) is 22.1 Å². The van der Waals surface area contributed by atoms with E-state index in [1.807, 2.05) is 0 Å². The van der Waals surface area contributed by atoms with Gasteiger partial charge in [0, 0.05) is 44.4 Å². The van der Waals surface area contributed by atoms with Gasteiger partial charge in [-0.1, -0.05) is 5.16 Å². The molecule has 4 rings (SSSR count). The van der Waals surface area contributed by atoms with Crippen molar-refractivity contribution in [2.45, 2.75) is 13.0 Å². The molecule has 0 bridgehead atoms. The van der Waals surface area contributed by atoms with Crippen LogP contribution in [0, 0.1) is 11.6 Å². The van der Waals surface area contributed by atoms with Crippen molar-refractivity contribution in [2.75, 3.05) is 62.2 Å². The molecule has 1 aromatic heterocycles. The molecule has 13 nitrogen and oxygen atoms in total. The quantitative estimate of drug-likeness (QED) is 0.506. The van der Waals surface area contributed by atoms with Crippen molar-refractivity contribution in [2.24, 2.45) is 0 Å². The van der Waals surface area contributed by atoms with E-state index >= 15 is 8.78 Å². The average Bonchev–Trinajstić information content (AvgIpc) is 3.56. The lowest BCUT2D eigenvalue weighted by atomic mass is 10.2. The lowest BCUT2D eigenvalue weighted by molar-refractivity contribution is -0.130. The number of amides is 4. The molecule has 15 heteroatoms. The molecule has 0 radical (unpaired) electrons. The Labute approximate surface area is 215 Å². The number of halogens is 2.